The monoisotopic (exact) mass is 222 g/mol. The van der Waals surface area contributed by atoms with E-state index in [9.17, 15) is 0 Å². The Morgan fingerprint density at radius 2 is 1.94 bits per heavy atom. The highest BCUT2D eigenvalue weighted by atomic mass is 15.2. The van der Waals surface area contributed by atoms with E-state index in [2.05, 4.69) is 56.0 Å². The summed E-state index contributed by atoms with van der Waals surface area (Å²) >= 11 is 0. The van der Waals surface area contributed by atoms with Crippen molar-refractivity contribution in [2.75, 3.05) is 40.3 Å². The average Bonchev–Trinajstić information content (AvgIpc) is 2.29. The maximum Gasteiger partial charge on any atom is 0.0227 e. The second kappa shape index (κ2) is 6.87. The molecule has 92 valence electrons. The highest BCUT2D eigenvalue weighted by molar-refractivity contribution is 5.24. The molecule has 1 atom stereocenters. The SMILES string of the molecule is CCN(C)CCN(C)CC1=CCC(C)C=C1. The zero-order valence-corrected chi connectivity index (χ0v) is 11.2. The Bertz CT molecular complexity index is 255. The molecule has 0 aromatic carbocycles. The predicted molar refractivity (Wildman–Crippen MR) is 71.7 cm³/mol. The quantitative estimate of drug-likeness (QED) is 0.681. The molecule has 0 aromatic heterocycles. The van der Waals surface area contributed by atoms with Gasteiger partial charge in [0.1, 0.15) is 0 Å². The maximum atomic E-state index is 2.40. The highest BCUT2D eigenvalue weighted by Crippen LogP contribution is 2.15. The first-order chi connectivity index (χ1) is 7.61. The van der Waals surface area contributed by atoms with Crippen molar-refractivity contribution >= 4 is 0 Å². The van der Waals surface area contributed by atoms with Gasteiger partial charge in [0, 0.05) is 19.6 Å². The first kappa shape index (κ1) is 13.5. The van der Waals surface area contributed by atoms with Crippen molar-refractivity contribution in [3.63, 3.8) is 0 Å². The Balaban J connectivity index is 2.24. The number of allylic oxidation sites excluding steroid dienone is 2. The highest BCUT2D eigenvalue weighted by Gasteiger charge is 2.06. The number of hydrogen-bond donors (Lipinski definition) is 0. The summed E-state index contributed by atoms with van der Waals surface area (Å²) in [5.74, 6) is 0.722. The van der Waals surface area contributed by atoms with Gasteiger partial charge in [-0.25, -0.2) is 0 Å². The first-order valence-corrected chi connectivity index (χ1v) is 6.36. The van der Waals surface area contributed by atoms with E-state index in [1.54, 1.807) is 0 Å². The molecule has 0 bridgehead atoms. The number of hydrogen-bond acceptors (Lipinski definition) is 2. The zero-order chi connectivity index (χ0) is 12.0. The lowest BCUT2D eigenvalue weighted by Crippen LogP contribution is -2.31. The smallest absolute Gasteiger partial charge is 0.0227 e. The van der Waals surface area contributed by atoms with E-state index < -0.39 is 0 Å². The molecule has 0 amide bonds. The summed E-state index contributed by atoms with van der Waals surface area (Å²) in [5, 5.41) is 0. The van der Waals surface area contributed by atoms with Crippen LogP contribution in [-0.2, 0) is 0 Å². The predicted octanol–water partition coefficient (Wildman–Crippen LogP) is 2.39. The molecular weight excluding hydrogens is 196 g/mol. The molecule has 0 saturated heterocycles. The third-order valence-electron chi connectivity index (χ3n) is 3.25. The van der Waals surface area contributed by atoms with Crippen molar-refractivity contribution in [2.45, 2.75) is 20.3 Å². The number of nitrogens with zero attached hydrogens (tertiary/aromatic N) is 2. The molecule has 1 aliphatic rings. The topological polar surface area (TPSA) is 6.48 Å². The minimum absolute atomic E-state index is 0.722. The molecule has 0 heterocycles. The van der Waals surface area contributed by atoms with Gasteiger partial charge in [-0.3, -0.25) is 0 Å². The second-order valence-corrected chi connectivity index (χ2v) is 4.98. The van der Waals surface area contributed by atoms with Crippen LogP contribution >= 0.6 is 0 Å². The minimum atomic E-state index is 0.722. The molecule has 0 aliphatic heterocycles. The lowest BCUT2D eigenvalue weighted by Gasteiger charge is -2.22. The van der Waals surface area contributed by atoms with Crippen molar-refractivity contribution in [3.8, 4) is 0 Å². The average molecular weight is 222 g/mol. The summed E-state index contributed by atoms with van der Waals surface area (Å²) in [6, 6.07) is 0. The lowest BCUT2D eigenvalue weighted by atomic mass is 9.98. The van der Waals surface area contributed by atoms with Gasteiger partial charge in [0.15, 0.2) is 0 Å². The molecular formula is C14H26N2. The molecule has 0 fully saturated rings. The maximum absolute atomic E-state index is 2.40. The molecule has 2 heteroatoms. The van der Waals surface area contributed by atoms with Gasteiger partial charge in [-0.15, -0.1) is 0 Å². The normalized spacial score (nSPS) is 20.6. The molecule has 16 heavy (non-hydrogen) atoms. The Hall–Kier alpha value is -0.600. The summed E-state index contributed by atoms with van der Waals surface area (Å²) in [7, 11) is 4.38. The van der Waals surface area contributed by atoms with Crippen LogP contribution in [-0.4, -0.2) is 50.1 Å². The van der Waals surface area contributed by atoms with E-state index in [0.29, 0.717) is 0 Å². The number of likely N-dealkylation sites (N-methyl/N-ethyl adjacent to an activating group) is 2. The molecule has 0 saturated carbocycles. The molecule has 1 aliphatic carbocycles. The minimum Gasteiger partial charge on any atom is -0.305 e. The van der Waals surface area contributed by atoms with Gasteiger partial charge in [0.05, 0.1) is 0 Å². The Labute approximate surface area is 101 Å². The molecule has 0 spiro atoms. The zero-order valence-electron chi connectivity index (χ0n) is 11.2. The summed E-state index contributed by atoms with van der Waals surface area (Å²) in [5.41, 5.74) is 1.47. The van der Waals surface area contributed by atoms with Gasteiger partial charge in [-0.1, -0.05) is 32.1 Å². The Morgan fingerprint density at radius 1 is 1.25 bits per heavy atom. The van der Waals surface area contributed by atoms with Gasteiger partial charge in [0.2, 0.25) is 0 Å². The molecule has 0 aromatic rings. The standard InChI is InChI=1S/C14H26N2/c1-5-15(3)10-11-16(4)12-14-8-6-13(2)7-9-14/h6,8-9,13H,5,7,10-12H2,1-4H3. The van der Waals surface area contributed by atoms with Crippen LogP contribution in [0.15, 0.2) is 23.8 Å². The lowest BCUT2D eigenvalue weighted by molar-refractivity contribution is 0.276. The van der Waals surface area contributed by atoms with Gasteiger partial charge < -0.3 is 9.80 Å². The van der Waals surface area contributed by atoms with Gasteiger partial charge >= 0.3 is 0 Å². The molecule has 0 radical (unpaired) electrons. The number of rotatable bonds is 6. The summed E-state index contributed by atoms with van der Waals surface area (Å²) in [4.78, 5) is 4.75. The van der Waals surface area contributed by atoms with Crippen molar-refractivity contribution in [1.82, 2.24) is 9.80 Å². The van der Waals surface area contributed by atoms with Crippen LogP contribution in [0, 0.1) is 5.92 Å². The Morgan fingerprint density at radius 3 is 2.50 bits per heavy atom. The van der Waals surface area contributed by atoms with Crippen LogP contribution in [0.25, 0.3) is 0 Å². The van der Waals surface area contributed by atoms with Crippen LogP contribution < -0.4 is 0 Å². The summed E-state index contributed by atoms with van der Waals surface area (Å²) in [6.45, 7) is 8.98. The first-order valence-electron chi connectivity index (χ1n) is 6.36. The van der Waals surface area contributed by atoms with Crippen molar-refractivity contribution in [1.29, 1.82) is 0 Å². The van der Waals surface area contributed by atoms with Crippen LogP contribution in [0.5, 0.6) is 0 Å². The third-order valence-corrected chi connectivity index (χ3v) is 3.25. The van der Waals surface area contributed by atoms with Crippen LogP contribution in [0.1, 0.15) is 20.3 Å². The van der Waals surface area contributed by atoms with Crippen molar-refractivity contribution < 1.29 is 0 Å². The molecule has 1 unspecified atom stereocenters. The van der Waals surface area contributed by atoms with E-state index >= 15 is 0 Å². The van der Waals surface area contributed by atoms with Crippen LogP contribution in [0.3, 0.4) is 0 Å². The fourth-order valence-corrected chi connectivity index (χ4v) is 1.78. The van der Waals surface area contributed by atoms with Crippen molar-refractivity contribution in [3.05, 3.63) is 23.8 Å². The molecule has 2 nitrogen and oxygen atoms in total. The van der Waals surface area contributed by atoms with Crippen molar-refractivity contribution in [2.24, 2.45) is 5.92 Å². The van der Waals surface area contributed by atoms with E-state index in [4.69, 9.17) is 0 Å². The third kappa shape index (κ3) is 4.95. The van der Waals surface area contributed by atoms with E-state index in [1.807, 2.05) is 0 Å². The molecule has 0 N–H and O–H groups in total. The fourth-order valence-electron chi connectivity index (χ4n) is 1.78. The van der Waals surface area contributed by atoms with E-state index in [0.717, 1.165) is 32.1 Å². The fraction of sp³-hybridized carbons (Fsp3) is 0.714. The largest absolute Gasteiger partial charge is 0.305 e. The van der Waals surface area contributed by atoms with Gasteiger partial charge in [0.25, 0.3) is 0 Å². The second-order valence-electron chi connectivity index (χ2n) is 4.98. The van der Waals surface area contributed by atoms with E-state index in [1.165, 1.54) is 12.0 Å². The Kier molecular flexibility index (Phi) is 5.78. The molecule has 1 rings (SSSR count). The summed E-state index contributed by atoms with van der Waals surface area (Å²) in [6.07, 6.45) is 8.19. The van der Waals surface area contributed by atoms with Gasteiger partial charge in [-0.05, 0) is 38.6 Å². The van der Waals surface area contributed by atoms with Crippen LogP contribution in [0.4, 0.5) is 0 Å². The summed E-state index contributed by atoms with van der Waals surface area (Å²) < 4.78 is 0. The van der Waals surface area contributed by atoms with Crippen LogP contribution in [0.2, 0.25) is 0 Å². The van der Waals surface area contributed by atoms with Gasteiger partial charge in [-0.2, -0.15) is 0 Å². The van der Waals surface area contributed by atoms with E-state index in [-0.39, 0.29) is 0 Å².